The van der Waals surface area contributed by atoms with Gasteiger partial charge in [-0.15, -0.1) is 11.8 Å². The Hall–Kier alpha value is -2.67. The maximum Gasteiger partial charge on any atom is 0.340 e. The summed E-state index contributed by atoms with van der Waals surface area (Å²) < 4.78 is 5.19. The van der Waals surface area contributed by atoms with Crippen molar-refractivity contribution in [3.8, 4) is 0 Å². The number of thioether (sulfide) groups is 1. The van der Waals surface area contributed by atoms with Gasteiger partial charge in [-0.25, -0.2) is 9.78 Å². The number of benzene rings is 1. The molecule has 0 fully saturated rings. The summed E-state index contributed by atoms with van der Waals surface area (Å²) >= 11 is 1.34. The van der Waals surface area contributed by atoms with Gasteiger partial charge in [-0.2, -0.15) is 0 Å². The molecule has 24 heavy (non-hydrogen) atoms. The highest BCUT2D eigenvalue weighted by Gasteiger charge is 2.34. The monoisotopic (exact) mass is 342 g/mol. The molecule has 0 radical (unpaired) electrons. The first-order valence-corrected chi connectivity index (χ1v) is 8.47. The Morgan fingerprint density at radius 3 is 2.42 bits per heavy atom. The van der Waals surface area contributed by atoms with Crippen LogP contribution in [0.3, 0.4) is 0 Å². The average molecular weight is 342 g/mol. The van der Waals surface area contributed by atoms with Gasteiger partial charge in [-0.05, 0) is 30.5 Å². The molecule has 0 atom stereocenters. The third-order valence-corrected chi connectivity index (χ3v) is 4.32. The lowest BCUT2D eigenvalue weighted by Gasteiger charge is -2.14. The molecule has 6 nitrogen and oxygen atoms in total. The van der Waals surface area contributed by atoms with Crippen LogP contribution < -0.4 is 0 Å². The molecule has 1 aromatic carbocycles. The molecule has 1 aliphatic rings. The fourth-order valence-electron chi connectivity index (χ4n) is 2.46. The van der Waals surface area contributed by atoms with Crippen molar-refractivity contribution < 1.29 is 19.1 Å². The Morgan fingerprint density at radius 2 is 1.79 bits per heavy atom. The lowest BCUT2D eigenvalue weighted by atomic mass is 10.1. The molecule has 1 aliphatic heterocycles. The van der Waals surface area contributed by atoms with Gasteiger partial charge in [-0.1, -0.05) is 12.1 Å². The summed E-state index contributed by atoms with van der Waals surface area (Å²) in [5.74, 6) is -1.25. The number of hydrogen-bond donors (Lipinski definition) is 0. The summed E-state index contributed by atoms with van der Waals surface area (Å²) in [6, 6.07) is 9.92. The van der Waals surface area contributed by atoms with Crippen LogP contribution in [0, 0.1) is 0 Å². The minimum absolute atomic E-state index is 0.0208. The first kappa shape index (κ1) is 16.2. The number of nitrogens with zero attached hydrogens (tertiary/aromatic N) is 2. The first-order chi connectivity index (χ1) is 11.6. The molecule has 0 saturated heterocycles. The summed E-state index contributed by atoms with van der Waals surface area (Å²) in [5.41, 5.74) is 1.13. The lowest BCUT2D eigenvalue weighted by molar-refractivity contribution is 0.0416. The SMILES string of the molecule is CSc1ncccc1C(=O)OCCN1C(=O)c2ccccc2C1=O. The average Bonchev–Trinajstić information content (AvgIpc) is 2.86. The Balaban J connectivity index is 1.62. The fraction of sp³-hybridized carbons (Fsp3) is 0.176. The molecule has 2 amide bonds. The number of pyridine rings is 1. The van der Waals surface area contributed by atoms with Crippen molar-refractivity contribution in [2.45, 2.75) is 5.03 Å². The number of carbonyl (C=O) groups is 3. The van der Waals surface area contributed by atoms with Crippen LogP contribution in [0.2, 0.25) is 0 Å². The third-order valence-electron chi connectivity index (χ3n) is 3.61. The molecule has 7 heteroatoms. The number of hydrogen-bond acceptors (Lipinski definition) is 6. The van der Waals surface area contributed by atoms with Gasteiger partial charge >= 0.3 is 5.97 Å². The quantitative estimate of drug-likeness (QED) is 0.471. The molecule has 2 heterocycles. The highest BCUT2D eigenvalue weighted by atomic mass is 32.2. The van der Waals surface area contributed by atoms with Crippen molar-refractivity contribution in [3.05, 3.63) is 59.3 Å². The molecule has 1 aromatic heterocycles. The molecular formula is C17H14N2O4S. The van der Waals surface area contributed by atoms with Gasteiger partial charge in [0.1, 0.15) is 11.6 Å². The smallest absolute Gasteiger partial charge is 0.340 e. The zero-order valence-electron chi connectivity index (χ0n) is 12.9. The summed E-state index contributed by atoms with van der Waals surface area (Å²) in [6.45, 7) is -0.0417. The highest BCUT2D eigenvalue weighted by Crippen LogP contribution is 2.22. The van der Waals surface area contributed by atoms with E-state index in [9.17, 15) is 14.4 Å². The maximum atomic E-state index is 12.2. The van der Waals surface area contributed by atoms with Crippen LogP contribution in [0.1, 0.15) is 31.1 Å². The van der Waals surface area contributed by atoms with E-state index in [1.807, 2.05) is 6.26 Å². The number of esters is 1. The number of rotatable bonds is 5. The summed E-state index contributed by atoms with van der Waals surface area (Å²) in [4.78, 5) is 41.7. The van der Waals surface area contributed by atoms with Crippen LogP contribution in [-0.2, 0) is 4.74 Å². The summed E-state index contributed by atoms with van der Waals surface area (Å²) in [7, 11) is 0. The second kappa shape index (κ2) is 6.84. The molecule has 0 saturated carbocycles. The van der Waals surface area contributed by atoms with Crippen LogP contribution in [0.25, 0.3) is 0 Å². The van der Waals surface area contributed by atoms with Gasteiger partial charge in [0.2, 0.25) is 0 Å². The Labute approximate surface area is 142 Å². The van der Waals surface area contributed by atoms with E-state index in [4.69, 9.17) is 4.74 Å². The van der Waals surface area contributed by atoms with Gasteiger partial charge < -0.3 is 4.74 Å². The summed E-state index contributed by atoms with van der Waals surface area (Å²) in [5, 5.41) is 0.572. The van der Waals surface area contributed by atoms with Gasteiger partial charge in [0.25, 0.3) is 11.8 Å². The zero-order valence-corrected chi connectivity index (χ0v) is 13.7. The molecular weight excluding hydrogens is 328 g/mol. The molecule has 0 unspecified atom stereocenters. The van der Waals surface area contributed by atoms with Crippen molar-refractivity contribution in [1.82, 2.24) is 9.88 Å². The van der Waals surface area contributed by atoms with Crippen LogP contribution in [0.15, 0.2) is 47.6 Å². The van der Waals surface area contributed by atoms with Crippen LogP contribution in [0.5, 0.6) is 0 Å². The van der Waals surface area contributed by atoms with Gasteiger partial charge in [-0.3, -0.25) is 14.5 Å². The van der Waals surface area contributed by atoms with Crippen molar-refractivity contribution in [2.24, 2.45) is 0 Å². The minimum atomic E-state index is -0.524. The third kappa shape index (κ3) is 2.90. The molecule has 122 valence electrons. The van der Waals surface area contributed by atoms with Crippen molar-refractivity contribution in [1.29, 1.82) is 0 Å². The van der Waals surface area contributed by atoms with E-state index >= 15 is 0 Å². The van der Waals surface area contributed by atoms with Gasteiger partial charge in [0.15, 0.2) is 0 Å². The van der Waals surface area contributed by atoms with Crippen LogP contribution in [0.4, 0.5) is 0 Å². The number of imide groups is 1. The largest absolute Gasteiger partial charge is 0.460 e. The molecule has 3 rings (SSSR count). The van der Waals surface area contributed by atoms with E-state index in [0.29, 0.717) is 21.7 Å². The van der Waals surface area contributed by atoms with E-state index < -0.39 is 5.97 Å². The normalized spacial score (nSPS) is 13.1. The predicted molar refractivity (Wildman–Crippen MR) is 88.1 cm³/mol. The van der Waals surface area contributed by atoms with E-state index in [1.165, 1.54) is 11.8 Å². The molecule has 0 N–H and O–H groups in total. The highest BCUT2D eigenvalue weighted by molar-refractivity contribution is 7.98. The van der Waals surface area contributed by atoms with E-state index in [1.54, 1.807) is 42.6 Å². The number of carbonyl (C=O) groups excluding carboxylic acids is 3. The zero-order chi connectivity index (χ0) is 17.1. The van der Waals surface area contributed by atoms with Gasteiger partial charge in [0.05, 0.1) is 23.2 Å². The topological polar surface area (TPSA) is 76.6 Å². The number of fused-ring (bicyclic) bond motifs is 1. The van der Waals surface area contributed by atoms with Crippen molar-refractivity contribution in [2.75, 3.05) is 19.4 Å². The number of amides is 2. The van der Waals surface area contributed by atoms with E-state index in [2.05, 4.69) is 4.98 Å². The van der Waals surface area contributed by atoms with Crippen molar-refractivity contribution >= 4 is 29.5 Å². The second-order valence-electron chi connectivity index (χ2n) is 5.00. The second-order valence-corrected chi connectivity index (χ2v) is 5.80. The lowest BCUT2D eigenvalue weighted by Crippen LogP contribution is -2.33. The predicted octanol–water partition coefficient (Wildman–Crippen LogP) is 2.26. The number of aromatic nitrogens is 1. The molecule has 2 aromatic rings. The van der Waals surface area contributed by atoms with Crippen molar-refractivity contribution in [3.63, 3.8) is 0 Å². The molecule has 0 spiro atoms. The standard InChI is InChI=1S/C17H14N2O4S/c1-24-14-13(7-4-8-18-14)17(22)23-10-9-19-15(20)11-5-2-3-6-12(11)16(19)21/h2-8H,9-10H2,1H3. The fourth-order valence-corrected chi connectivity index (χ4v) is 3.00. The first-order valence-electron chi connectivity index (χ1n) is 7.25. The Morgan fingerprint density at radius 1 is 1.12 bits per heavy atom. The van der Waals surface area contributed by atoms with Crippen LogP contribution in [-0.4, -0.2) is 47.1 Å². The Bertz CT molecular complexity index is 787. The minimum Gasteiger partial charge on any atom is -0.460 e. The van der Waals surface area contributed by atoms with Gasteiger partial charge in [0, 0.05) is 6.20 Å². The summed E-state index contributed by atoms with van der Waals surface area (Å²) in [6.07, 6.45) is 3.42. The van der Waals surface area contributed by atoms with E-state index in [0.717, 1.165) is 4.90 Å². The maximum absolute atomic E-state index is 12.2. The number of ether oxygens (including phenoxy) is 1. The molecule has 0 bridgehead atoms. The van der Waals surface area contributed by atoms with Crippen LogP contribution >= 0.6 is 11.8 Å². The van der Waals surface area contributed by atoms with E-state index in [-0.39, 0.29) is 25.0 Å². The molecule has 0 aliphatic carbocycles. The Kier molecular flexibility index (Phi) is 4.61.